The first kappa shape index (κ1) is 26.0. The molecule has 8 nitrogen and oxygen atoms in total. The molecule has 196 valence electrons. The van der Waals surface area contributed by atoms with E-state index in [4.69, 9.17) is 4.74 Å². The molecular formula is C30H28N6O2S. The summed E-state index contributed by atoms with van der Waals surface area (Å²) in [6.45, 7) is 2.28. The van der Waals surface area contributed by atoms with Crippen molar-refractivity contribution in [1.82, 2.24) is 20.2 Å². The van der Waals surface area contributed by atoms with E-state index in [1.54, 1.807) is 13.3 Å². The van der Waals surface area contributed by atoms with Gasteiger partial charge in [0.15, 0.2) is 11.0 Å². The predicted molar refractivity (Wildman–Crippen MR) is 157 cm³/mol. The van der Waals surface area contributed by atoms with E-state index in [0.717, 1.165) is 39.3 Å². The zero-order valence-corrected chi connectivity index (χ0v) is 22.4. The van der Waals surface area contributed by atoms with Gasteiger partial charge in [-0.1, -0.05) is 66.4 Å². The Morgan fingerprint density at radius 1 is 0.974 bits per heavy atom. The molecule has 1 aromatic heterocycles. The number of thioether (sulfide) groups is 1. The number of carbonyl (C=O) groups excluding carboxylic acids is 1. The zero-order valence-electron chi connectivity index (χ0n) is 21.6. The number of benzene rings is 4. The van der Waals surface area contributed by atoms with Gasteiger partial charge >= 0.3 is 0 Å². The molecule has 5 aromatic rings. The lowest BCUT2D eigenvalue weighted by atomic mass is 10.1. The highest BCUT2D eigenvalue weighted by molar-refractivity contribution is 8.00. The Balaban J connectivity index is 1.31. The van der Waals surface area contributed by atoms with Crippen LogP contribution in [-0.4, -0.2) is 39.2 Å². The lowest BCUT2D eigenvalue weighted by molar-refractivity contribution is -0.120. The number of amides is 1. The van der Waals surface area contributed by atoms with Crippen molar-refractivity contribution in [3.63, 3.8) is 0 Å². The van der Waals surface area contributed by atoms with Gasteiger partial charge in [-0.3, -0.25) is 9.36 Å². The molecule has 0 aliphatic heterocycles. The number of para-hydroxylation sites is 1. The third-order valence-electron chi connectivity index (χ3n) is 6.10. The molecule has 0 radical (unpaired) electrons. The molecule has 39 heavy (non-hydrogen) atoms. The van der Waals surface area contributed by atoms with E-state index in [1.165, 1.54) is 11.8 Å². The van der Waals surface area contributed by atoms with Gasteiger partial charge in [0.05, 0.1) is 25.1 Å². The quantitative estimate of drug-likeness (QED) is 0.136. The number of hydrogen-bond acceptors (Lipinski definition) is 7. The van der Waals surface area contributed by atoms with Crippen LogP contribution in [0.5, 0.6) is 5.75 Å². The van der Waals surface area contributed by atoms with Crippen LogP contribution in [0.2, 0.25) is 0 Å². The number of ether oxygens (including phenoxy) is 1. The van der Waals surface area contributed by atoms with E-state index >= 15 is 0 Å². The fourth-order valence-corrected chi connectivity index (χ4v) is 4.92. The third-order valence-corrected chi connectivity index (χ3v) is 7.14. The first-order valence-corrected chi connectivity index (χ1v) is 13.4. The molecule has 1 atom stereocenters. The van der Waals surface area contributed by atoms with Crippen molar-refractivity contribution < 1.29 is 9.53 Å². The summed E-state index contributed by atoms with van der Waals surface area (Å²) < 4.78 is 7.14. The van der Waals surface area contributed by atoms with Gasteiger partial charge in [-0.2, -0.15) is 5.10 Å². The number of rotatable bonds is 10. The Morgan fingerprint density at radius 2 is 1.72 bits per heavy atom. The van der Waals surface area contributed by atoms with E-state index in [0.29, 0.717) is 11.7 Å². The molecule has 2 N–H and O–H groups in total. The van der Waals surface area contributed by atoms with Crippen LogP contribution in [0.1, 0.15) is 18.3 Å². The lowest BCUT2D eigenvalue weighted by Crippen LogP contribution is -2.27. The predicted octanol–water partition coefficient (Wildman–Crippen LogP) is 5.67. The van der Waals surface area contributed by atoms with Gasteiger partial charge in [-0.15, -0.1) is 10.2 Å². The van der Waals surface area contributed by atoms with Crippen LogP contribution in [-0.2, 0) is 11.3 Å². The topological polar surface area (TPSA) is 93.4 Å². The van der Waals surface area contributed by atoms with Crippen molar-refractivity contribution in [2.45, 2.75) is 23.9 Å². The summed E-state index contributed by atoms with van der Waals surface area (Å²) in [6.07, 6.45) is 1.60. The minimum absolute atomic E-state index is 0.234. The van der Waals surface area contributed by atoms with Gasteiger partial charge in [0, 0.05) is 16.8 Å². The molecule has 0 saturated heterocycles. The Bertz CT molecular complexity index is 1580. The zero-order chi connectivity index (χ0) is 27.0. The Hall–Kier alpha value is -4.63. The van der Waals surface area contributed by atoms with E-state index in [9.17, 15) is 4.79 Å². The number of anilines is 1. The average Bonchev–Trinajstić information content (AvgIpc) is 3.38. The monoisotopic (exact) mass is 536 g/mol. The van der Waals surface area contributed by atoms with Crippen molar-refractivity contribution in [2.75, 3.05) is 12.4 Å². The molecule has 1 unspecified atom stereocenters. The first-order chi connectivity index (χ1) is 19.1. The first-order valence-electron chi connectivity index (χ1n) is 12.5. The van der Waals surface area contributed by atoms with Crippen molar-refractivity contribution in [3.05, 3.63) is 108 Å². The molecule has 0 spiro atoms. The smallest absolute Gasteiger partial charge is 0.253 e. The summed E-state index contributed by atoms with van der Waals surface area (Å²) in [6, 6.07) is 31.7. The maximum atomic E-state index is 12.8. The van der Waals surface area contributed by atoms with Crippen LogP contribution in [0.3, 0.4) is 0 Å². The Labute approximate surface area is 231 Å². The largest absolute Gasteiger partial charge is 0.497 e. The number of methoxy groups -OCH3 is 1. The fraction of sp³-hybridized carbons (Fsp3) is 0.133. The molecule has 0 fully saturated rings. The van der Waals surface area contributed by atoms with Crippen molar-refractivity contribution in [1.29, 1.82) is 0 Å². The molecule has 0 bridgehead atoms. The molecule has 0 aliphatic rings. The highest BCUT2D eigenvalue weighted by Crippen LogP contribution is 2.27. The Morgan fingerprint density at radius 3 is 2.51 bits per heavy atom. The second-order valence-corrected chi connectivity index (χ2v) is 10.0. The molecule has 0 saturated carbocycles. The maximum absolute atomic E-state index is 12.8. The molecule has 1 amide bonds. The summed E-state index contributed by atoms with van der Waals surface area (Å²) in [5.41, 5.74) is 5.41. The molecule has 0 aliphatic carbocycles. The molecule has 1 heterocycles. The molecule has 9 heteroatoms. The van der Waals surface area contributed by atoms with Gasteiger partial charge in [0.2, 0.25) is 0 Å². The number of hydrogen-bond donors (Lipinski definition) is 2. The van der Waals surface area contributed by atoms with Gasteiger partial charge in [0.1, 0.15) is 5.75 Å². The standard InChI is InChI=1S/C30H28N6O2S/c1-21(29(37)34-32-19-22-15-17-25(38-2)18-16-22)39-30-35-33-28(36(30)24-11-4-3-5-12-24)20-31-27-14-8-10-23-9-6-7-13-26(23)27/h3-19,21,31H,20H2,1-2H3,(H,34,37)/b32-19+. The third kappa shape index (κ3) is 6.27. The maximum Gasteiger partial charge on any atom is 0.253 e. The van der Waals surface area contributed by atoms with E-state index in [-0.39, 0.29) is 5.91 Å². The summed E-state index contributed by atoms with van der Waals surface area (Å²) in [5, 5.41) is 19.0. The normalized spacial score (nSPS) is 11.9. The minimum atomic E-state index is -0.455. The fourth-order valence-electron chi connectivity index (χ4n) is 4.04. The van der Waals surface area contributed by atoms with Crippen LogP contribution < -0.4 is 15.5 Å². The lowest BCUT2D eigenvalue weighted by Gasteiger charge is -2.14. The van der Waals surface area contributed by atoms with Crippen LogP contribution in [0.4, 0.5) is 5.69 Å². The number of fused-ring (bicyclic) bond motifs is 1. The minimum Gasteiger partial charge on any atom is -0.497 e. The van der Waals surface area contributed by atoms with Crippen molar-refractivity contribution >= 4 is 40.3 Å². The van der Waals surface area contributed by atoms with E-state index in [1.807, 2.05) is 84.3 Å². The van der Waals surface area contributed by atoms with Gasteiger partial charge < -0.3 is 10.1 Å². The van der Waals surface area contributed by atoms with E-state index < -0.39 is 5.25 Å². The van der Waals surface area contributed by atoms with Gasteiger partial charge in [-0.05, 0) is 60.3 Å². The van der Waals surface area contributed by atoms with Crippen LogP contribution in [0, 0.1) is 0 Å². The van der Waals surface area contributed by atoms with Crippen LogP contribution >= 0.6 is 11.8 Å². The molecular weight excluding hydrogens is 508 g/mol. The second kappa shape index (κ2) is 12.3. The SMILES string of the molecule is COc1ccc(/C=N/NC(=O)C(C)Sc2nnc(CNc3cccc4ccccc34)n2-c2ccccc2)cc1. The number of aromatic nitrogens is 3. The van der Waals surface area contributed by atoms with Gasteiger partial charge in [0.25, 0.3) is 5.91 Å². The summed E-state index contributed by atoms with van der Waals surface area (Å²) in [4.78, 5) is 12.8. The number of hydrazone groups is 1. The highest BCUT2D eigenvalue weighted by Gasteiger charge is 2.21. The highest BCUT2D eigenvalue weighted by atomic mass is 32.2. The van der Waals surface area contributed by atoms with Crippen molar-refractivity contribution in [2.24, 2.45) is 5.10 Å². The number of nitrogens with one attached hydrogen (secondary N) is 2. The van der Waals surface area contributed by atoms with Crippen LogP contribution in [0.15, 0.2) is 107 Å². The summed E-state index contributed by atoms with van der Waals surface area (Å²) >= 11 is 1.33. The van der Waals surface area contributed by atoms with Crippen LogP contribution in [0.25, 0.3) is 16.5 Å². The van der Waals surface area contributed by atoms with Crippen molar-refractivity contribution in [3.8, 4) is 11.4 Å². The summed E-state index contributed by atoms with van der Waals surface area (Å²) in [7, 11) is 1.62. The number of carbonyl (C=O) groups is 1. The molecule has 4 aromatic carbocycles. The Kier molecular flexibility index (Phi) is 8.18. The average molecular weight is 537 g/mol. The second-order valence-electron chi connectivity index (χ2n) is 8.72. The van der Waals surface area contributed by atoms with E-state index in [2.05, 4.69) is 50.3 Å². The number of nitrogens with zero attached hydrogens (tertiary/aromatic N) is 4. The molecule has 5 rings (SSSR count). The van der Waals surface area contributed by atoms with Gasteiger partial charge in [-0.25, -0.2) is 5.43 Å². The summed E-state index contributed by atoms with van der Waals surface area (Å²) in [5.74, 6) is 1.26.